The Morgan fingerprint density at radius 1 is 1.10 bits per heavy atom. The van der Waals surface area contributed by atoms with Gasteiger partial charge < -0.3 is 14.7 Å². The maximum Gasteiger partial charge on any atom is 0.273 e. The van der Waals surface area contributed by atoms with E-state index in [0.29, 0.717) is 24.4 Å². The Hall–Kier alpha value is -3.41. The Kier molecular flexibility index (Phi) is 5.42. The number of aromatic nitrogens is 1. The van der Waals surface area contributed by atoms with Gasteiger partial charge in [0.05, 0.1) is 6.54 Å². The molecule has 6 nitrogen and oxygen atoms in total. The molecule has 0 saturated heterocycles. The Morgan fingerprint density at radius 2 is 1.83 bits per heavy atom. The highest BCUT2D eigenvalue weighted by molar-refractivity contribution is 5.94. The fourth-order valence-corrected chi connectivity index (χ4v) is 3.14. The molecule has 1 N–H and O–H groups in total. The molecule has 0 atom stereocenters. The number of aryl methyl sites for hydroxylation is 1. The summed E-state index contributed by atoms with van der Waals surface area (Å²) in [5.41, 5.74) is 3.05. The van der Waals surface area contributed by atoms with Gasteiger partial charge in [-0.25, -0.2) is 0 Å². The van der Waals surface area contributed by atoms with E-state index in [0.717, 1.165) is 18.4 Å². The van der Waals surface area contributed by atoms with Gasteiger partial charge in [0.2, 0.25) is 0 Å². The summed E-state index contributed by atoms with van der Waals surface area (Å²) in [4.78, 5) is 27.0. The molecule has 0 unspecified atom stereocenters. The van der Waals surface area contributed by atoms with Crippen LogP contribution in [0.2, 0.25) is 0 Å². The van der Waals surface area contributed by atoms with E-state index in [1.165, 1.54) is 5.56 Å². The molecule has 1 heterocycles. The Labute approximate surface area is 169 Å². The summed E-state index contributed by atoms with van der Waals surface area (Å²) in [6.07, 6.45) is 1.97. The molecule has 0 spiro atoms. The number of benzene rings is 2. The van der Waals surface area contributed by atoms with E-state index in [-0.39, 0.29) is 23.6 Å². The van der Waals surface area contributed by atoms with Crippen molar-refractivity contribution in [1.29, 1.82) is 0 Å². The SMILES string of the molecule is Cc1ccc(CNC(=O)c2cc(CN(C(=O)c3ccccc3)C3CC3)on2)cc1. The minimum atomic E-state index is -0.298. The van der Waals surface area contributed by atoms with E-state index >= 15 is 0 Å². The Balaban J connectivity index is 1.39. The van der Waals surface area contributed by atoms with Gasteiger partial charge in [0.15, 0.2) is 11.5 Å². The number of nitrogens with zero attached hydrogens (tertiary/aromatic N) is 2. The van der Waals surface area contributed by atoms with Crippen LogP contribution in [0.1, 0.15) is 50.6 Å². The van der Waals surface area contributed by atoms with Gasteiger partial charge in [-0.3, -0.25) is 9.59 Å². The maximum atomic E-state index is 12.8. The molecule has 2 aromatic carbocycles. The third-order valence-corrected chi connectivity index (χ3v) is 4.96. The summed E-state index contributed by atoms with van der Waals surface area (Å²) in [6.45, 7) is 2.74. The molecular formula is C23H23N3O3. The third-order valence-electron chi connectivity index (χ3n) is 4.96. The van der Waals surface area contributed by atoms with Gasteiger partial charge in [0.25, 0.3) is 11.8 Å². The number of amides is 2. The number of carbonyl (C=O) groups is 2. The van der Waals surface area contributed by atoms with Crippen molar-refractivity contribution in [2.24, 2.45) is 0 Å². The van der Waals surface area contributed by atoms with Gasteiger partial charge in [-0.05, 0) is 37.5 Å². The van der Waals surface area contributed by atoms with Crippen LogP contribution in [0.25, 0.3) is 0 Å². The van der Waals surface area contributed by atoms with Crippen LogP contribution in [0.4, 0.5) is 0 Å². The first-order chi connectivity index (χ1) is 14.1. The van der Waals surface area contributed by atoms with Gasteiger partial charge in [0.1, 0.15) is 0 Å². The molecule has 1 aliphatic carbocycles. The van der Waals surface area contributed by atoms with Crippen LogP contribution in [0.15, 0.2) is 65.2 Å². The summed E-state index contributed by atoms with van der Waals surface area (Å²) in [5, 5.41) is 6.73. The fourth-order valence-electron chi connectivity index (χ4n) is 3.14. The molecule has 29 heavy (non-hydrogen) atoms. The first-order valence-corrected chi connectivity index (χ1v) is 9.75. The van der Waals surface area contributed by atoms with Crippen molar-refractivity contribution >= 4 is 11.8 Å². The van der Waals surface area contributed by atoms with Gasteiger partial charge in [-0.15, -0.1) is 0 Å². The van der Waals surface area contributed by atoms with Crippen LogP contribution in [0.3, 0.4) is 0 Å². The molecule has 1 saturated carbocycles. The van der Waals surface area contributed by atoms with Crippen LogP contribution in [0, 0.1) is 6.92 Å². The normalized spacial score (nSPS) is 13.1. The lowest BCUT2D eigenvalue weighted by Gasteiger charge is -2.21. The second kappa shape index (κ2) is 8.31. The standard InChI is InChI=1S/C23H23N3O3/c1-16-7-9-17(10-8-16)14-24-22(27)21-13-20(29-25-21)15-26(19-11-12-19)23(28)18-5-3-2-4-6-18/h2-10,13,19H,11-12,14-15H2,1H3,(H,24,27). The zero-order valence-corrected chi connectivity index (χ0v) is 16.3. The second-order valence-corrected chi connectivity index (χ2v) is 7.38. The molecule has 4 rings (SSSR count). The van der Waals surface area contributed by atoms with E-state index in [1.54, 1.807) is 11.0 Å². The van der Waals surface area contributed by atoms with Crippen LogP contribution < -0.4 is 5.32 Å². The van der Waals surface area contributed by atoms with Crippen LogP contribution in [0.5, 0.6) is 0 Å². The zero-order valence-electron chi connectivity index (χ0n) is 16.3. The molecule has 2 amide bonds. The average molecular weight is 389 g/mol. The summed E-state index contributed by atoms with van der Waals surface area (Å²) in [5.74, 6) is 0.171. The smallest absolute Gasteiger partial charge is 0.273 e. The lowest BCUT2D eigenvalue weighted by atomic mass is 10.1. The Bertz CT molecular complexity index is 992. The van der Waals surface area contributed by atoms with E-state index in [2.05, 4.69) is 10.5 Å². The van der Waals surface area contributed by atoms with Crippen molar-refractivity contribution < 1.29 is 14.1 Å². The predicted molar refractivity (Wildman–Crippen MR) is 108 cm³/mol. The summed E-state index contributed by atoms with van der Waals surface area (Å²) in [6, 6.07) is 19.0. The largest absolute Gasteiger partial charge is 0.359 e. The number of carbonyl (C=O) groups excluding carboxylic acids is 2. The molecule has 0 aliphatic heterocycles. The van der Waals surface area contributed by atoms with Crippen molar-refractivity contribution in [2.75, 3.05) is 0 Å². The van der Waals surface area contributed by atoms with Crippen molar-refractivity contribution in [1.82, 2.24) is 15.4 Å². The van der Waals surface area contributed by atoms with E-state index < -0.39 is 0 Å². The first-order valence-electron chi connectivity index (χ1n) is 9.75. The minimum Gasteiger partial charge on any atom is -0.359 e. The molecule has 148 valence electrons. The maximum absolute atomic E-state index is 12.8. The predicted octanol–water partition coefficient (Wildman–Crippen LogP) is 3.72. The average Bonchev–Trinajstić information content (AvgIpc) is 3.49. The first kappa shape index (κ1) is 18.9. The van der Waals surface area contributed by atoms with Crippen molar-refractivity contribution in [3.63, 3.8) is 0 Å². The van der Waals surface area contributed by atoms with E-state index in [9.17, 15) is 9.59 Å². The highest BCUT2D eigenvalue weighted by Crippen LogP contribution is 2.30. The van der Waals surface area contributed by atoms with E-state index in [1.807, 2.05) is 61.5 Å². The molecule has 6 heteroatoms. The lowest BCUT2D eigenvalue weighted by Crippen LogP contribution is -2.32. The van der Waals surface area contributed by atoms with Gasteiger partial charge >= 0.3 is 0 Å². The Morgan fingerprint density at radius 3 is 2.52 bits per heavy atom. The molecule has 1 aromatic heterocycles. The highest BCUT2D eigenvalue weighted by atomic mass is 16.5. The molecule has 0 bridgehead atoms. The van der Waals surface area contributed by atoms with Gasteiger partial charge in [-0.1, -0.05) is 53.2 Å². The van der Waals surface area contributed by atoms with Crippen molar-refractivity contribution in [3.8, 4) is 0 Å². The number of rotatable bonds is 7. The summed E-state index contributed by atoms with van der Waals surface area (Å²) < 4.78 is 5.34. The van der Waals surface area contributed by atoms with Gasteiger partial charge in [0, 0.05) is 24.2 Å². The van der Waals surface area contributed by atoms with Gasteiger partial charge in [-0.2, -0.15) is 0 Å². The molecule has 3 aromatic rings. The van der Waals surface area contributed by atoms with Crippen LogP contribution in [-0.4, -0.2) is 27.9 Å². The highest BCUT2D eigenvalue weighted by Gasteiger charge is 2.34. The quantitative estimate of drug-likeness (QED) is 0.668. The zero-order chi connectivity index (χ0) is 20.2. The topological polar surface area (TPSA) is 75.4 Å². The second-order valence-electron chi connectivity index (χ2n) is 7.38. The van der Waals surface area contributed by atoms with E-state index in [4.69, 9.17) is 4.52 Å². The summed E-state index contributed by atoms with van der Waals surface area (Å²) >= 11 is 0. The molecule has 1 fully saturated rings. The molecule has 1 aliphatic rings. The fraction of sp³-hybridized carbons (Fsp3) is 0.261. The number of hydrogen-bond acceptors (Lipinski definition) is 4. The lowest BCUT2D eigenvalue weighted by molar-refractivity contribution is 0.0712. The minimum absolute atomic E-state index is 0.0325. The molecular weight excluding hydrogens is 366 g/mol. The number of hydrogen-bond donors (Lipinski definition) is 1. The van der Waals surface area contributed by atoms with Crippen molar-refractivity contribution in [3.05, 3.63) is 88.8 Å². The number of nitrogens with one attached hydrogen (secondary N) is 1. The third kappa shape index (κ3) is 4.71. The van der Waals surface area contributed by atoms with Crippen LogP contribution in [-0.2, 0) is 13.1 Å². The summed E-state index contributed by atoms with van der Waals surface area (Å²) in [7, 11) is 0. The molecule has 0 radical (unpaired) electrons. The van der Waals surface area contributed by atoms with Crippen molar-refractivity contribution in [2.45, 2.75) is 38.9 Å². The monoisotopic (exact) mass is 389 g/mol. The van der Waals surface area contributed by atoms with Crippen LogP contribution >= 0.6 is 0 Å².